The number of carbonyl (C=O) groups excluding carboxylic acids is 1. The van der Waals surface area contributed by atoms with Gasteiger partial charge in [0.15, 0.2) is 0 Å². The lowest BCUT2D eigenvalue weighted by Crippen LogP contribution is -2.54. The number of halogens is 6. The number of nitrogens with zero attached hydrogens (tertiary/aromatic N) is 3. The largest absolute Gasteiger partial charge is 0.416 e. The van der Waals surface area contributed by atoms with Crippen molar-refractivity contribution in [2.24, 2.45) is 0 Å². The summed E-state index contributed by atoms with van der Waals surface area (Å²) >= 11 is 0. The fourth-order valence-electron chi connectivity index (χ4n) is 6.51. The van der Waals surface area contributed by atoms with Crippen molar-refractivity contribution < 1.29 is 40.7 Å². The average molecular weight is 716 g/mol. The van der Waals surface area contributed by atoms with Crippen LogP contribution in [0.4, 0.5) is 26.3 Å². The molecule has 3 aromatic carbocycles. The third-order valence-corrected chi connectivity index (χ3v) is 9.14. The van der Waals surface area contributed by atoms with Crippen LogP contribution >= 0.6 is 0 Å². The lowest BCUT2D eigenvalue weighted by Gasteiger charge is -2.41. The monoisotopic (exact) mass is 715 g/mol. The molecule has 1 aromatic heterocycles. The first-order valence-corrected chi connectivity index (χ1v) is 16.8. The predicted octanol–water partition coefficient (Wildman–Crippen LogP) is 6.82. The number of amides is 1. The highest BCUT2D eigenvalue weighted by Gasteiger charge is 2.39. The number of aromatic nitrogens is 1. The summed E-state index contributed by atoms with van der Waals surface area (Å²) in [5.41, 5.74) is 2.61. The van der Waals surface area contributed by atoms with Gasteiger partial charge in [-0.1, -0.05) is 48.5 Å². The molecule has 3 heterocycles. The fourth-order valence-corrected chi connectivity index (χ4v) is 6.51. The molecular formula is C37H39F6N5O3. The number of hydroxylamine groups is 1. The Balaban J connectivity index is 1.25. The number of rotatable bonds is 11. The fraction of sp³-hybridized carbons (Fsp3) is 0.378. The van der Waals surface area contributed by atoms with Gasteiger partial charge in [0.2, 0.25) is 0 Å². The molecule has 8 nitrogen and oxygen atoms in total. The van der Waals surface area contributed by atoms with Crippen LogP contribution in [-0.2, 0) is 28.3 Å². The minimum Gasteiger partial charge on any atom is -0.379 e. The summed E-state index contributed by atoms with van der Waals surface area (Å²) in [6.07, 6.45) is -5.35. The number of ether oxygens (including phenoxy) is 1. The highest BCUT2D eigenvalue weighted by atomic mass is 19.4. The standard InChI is InChI=1S/C37H39F6N5O3/c38-36(39,40)29-19-27(20-30(22-29)37(41,42)43)35(49)48-13-12-47(24-31(48)21-28-23-44-33-10-5-4-9-32(28)33)25-34(26-7-2-1-3-8-26)45-51-16-6-11-46-14-17-50-18-15-46/h1-5,7-10,19-20,22-23,25,31,44-45H,6,11-18,21,24H2/t31-/m1/s1. The highest BCUT2D eigenvalue weighted by Crippen LogP contribution is 2.37. The third-order valence-electron chi connectivity index (χ3n) is 9.14. The van der Waals surface area contributed by atoms with Crippen LogP contribution in [0.1, 0.15) is 39.0 Å². The number of hydrogen-bond acceptors (Lipinski definition) is 6. The summed E-state index contributed by atoms with van der Waals surface area (Å²) < 4.78 is 87.7. The van der Waals surface area contributed by atoms with E-state index in [1.54, 1.807) is 0 Å². The molecule has 0 spiro atoms. The lowest BCUT2D eigenvalue weighted by atomic mass is 9.98. The number of alkyl halides is 6. The topological polar surface area (TPSA) is 73.1 Å². The van der Waals surface area contributed by atoms with Crippen LogP contribution in [0, 0.1) is 0 Å². The molecule has 6 rings (SSSR count). The average Bonchev–Trinajstić information content (AvgIpc) is 3.53. The van der Waals surface area contributed by atoms with E-state index in [0.717, 1.165) is 48.1 Å². The van der Waals surface area contributed by atoms with Gasteiger partial charge in [-0.15, -0.1) is 0 Å². The number of fused-ring (bicyclic) bond motifs is 1. The molecule has 1 atom stereocenters. The van der Waals surface area contributed by atoms with Gasteiger partial charge in [-0.3, -0.25) is 20.0 Å². The summed E-state index contributed by atoms with van der Waals surface area (Å²) in [5.74, 6) is -0.898. The van der Waals surface area contributed by atoms with E-state index in [1.165, 1.54) is 4.90 Å². The first-order valence-electron chi connectivity index (χ1n) is 16.8. The second-order valence-corrected chi connectivity index (χ2v) is 12.7. The Morgan fingerprint density at radius 3 is 2.27 bits per heavy atom. The van der Waals surface area contributed by atoms with Crippen LogP contribution in [0.25, 0.3) is 16.6 Å². The zero-order chi connectivity index (χ0) is 36.0. The zero-order valence-electron chi connectivity index (χ0n) is 27.8. The SMILES string of the molecule is O=C(c1cc(C(F)(F)F)cc(C(F)(F)F)c1)N1CCN(C=C(NOCCCN2CCOCC2)c2ccccc2)C[C@H]1Cc1c[nH]c2ccccc12. The van der Waals surface area contributed by atoms with E-state index in [0.29, 0.717) is 44.1 Å². The van der Waals surface area contributed by atoms with Gasteiger partial charge in [-0.2, -0.15) is 26.3 Å². The summed E-state index contributed by atoms with van der Waals surface area (Å²) in [4.78, 5) is 28.7. The maximum Gasteiger partial charge on any atom is 0.416 e. The van der Waals surface area contributed by atoms with Crippen LogP contribution in [-0.4, -0.2) is 90.7 Å². The van der Waals surface area contributed by atoms with E-state index in [-0.39, 0.29) is 25.7 Å². The number of carbonyl (C=O) groups is 1. The van der Waals surface area contributed by atoms with Crippen molar-refractivity contribution >= 4 is 22.5 Å². The van der Waals surface area contributed by atoms with Crippen molar-refractivity contribution in [3.8, 4) is 0 Å². The summed E-state index contributed by atoms with van der Waals surface area (Å²) in [5, 5.41) is 0.910. The Morgan fingerprint density at radius 2 is 1.57 bits per heavy atom. The van der Waals surface area contributed by atoms with Gasteiger partial charge >= 0.3 is 12.4 Å². The molecule has 0 radical (unpaired) electrons. The molecule has 0 saturated carbocycles. The highest BCUT2D eigenvalue weighted by molar-refractivity contribution is 5.95. The lowest BCUT2D eigenvalue weighted by molar-refractivity contribution is -0.143. The molecular weight excluding hydrogens is 676 g/mol. The first-order chi connectivity index (χ1) is 24.5. The number of para-hydroxylation sites is 1. The van der Waals surface area contributed by atoms with E-state index in [2.05, 4.69) is 15.4 Å². The molecule has 2 N–H and O–H groups in total. The van der Waals surface area contributed by atoms with Gasteiger partial charge in [0.25, 0.3) is 5.91 Å². The van der Waals surface area contributed by atoms with E-state index >= 15 is 0 Å². The van der Waals surface area contributed by atoms with Crippen molar-refractivity contribution in [1.29, 1.82) is 0 Å². The predicted molar refractivity (Wildman–Crippen MR) is 180 cm³/mol. The number of morpholine rings is 1. The molecule has 1 amide bonds. The van der Waals surface area contributed by atoms with Gasteiger partial charge in [-0.25, -0.2) is 0 Å². The molecule has 0 bridgehead atoms. The van der Waals surface area contributed by atoms with Crippen LogP contribution in [0.2, 0.25) is 0 Å². The zero-order valence-corrected chi connectivity index (χ0v) is 27.8. The number of aromatic amines is 1. The summed E-state index contributed by atoms with van der Waals surface area (Å²) in [6, 6.07) is 17.5. The number of nitrogens with one attached hydrogen (secondary N) is 2. The van der Waals surface area contributed by atoms with Gasteiger partial charge < -0.3 is 19.5 Å². The molecule has 51 heavy (non-hydrogen) atoms. The molecule has 2 saturated heterocycles. The summed E-state index contributed by atoms with van der Waals surface area (Å²) in [7, 11) is 0. The van der Waals surface area contributed by atoms with Crippen LogP contribution in [0.5, 0.6) is 0 Å². The minimum absolute atomic E-state index is 0.0335. The van der Waals surface area contributed by atoms with Crippen molar-refractivity contribution in [2.75, 3.05) is 59.1 Å². The Bertz CT molecular complexity index is 1770. The number of H-pyrrole nitrogens is 1. The Kier molecular flexibility index (Phi) is 11.2. The van der Waals surface area contributed by atoms with Crippen LogP contribution in [0.3, 0.4) is 0 Å². The third kappa shape index (κ3) is 9.23. The quantitative estimate of drug-likeness (QED) is 0.101. The number of piperazine rings is 1. The second-order valence-electron chi connectivity index (χ2n) is 12.7. The molecule has 272 valence electrons. The molecule has 0 unspecified atom stereocenters. The van der Waals surface area contributed by atoms with Crippen molar-refractivity contribution in [1.82, 2.24) is 25.2 Å². The Morgan fingerprint density at radius 1 is 0.882 bits per heavy atom. The van der Waals surface area contributed by atoms with Crippen LogP contribution in [0.15, 0.2) is 85.2 Å². The maximum atomic E-state index is 13.9. The van der Waals surface area contributed by atoms with E-state index in [9.17, 15) is 31.1 Å². The second kappa shape index (κ2) is 15.8. The van der Waals surface area contributed by atoms with Gasteiger partial charge in [-0.05, 0) is 42.7 Å². The Labute approximate surface area is 291 Å². The van der Waals surface area contributed by atoms with Crippen molar-refractivity contribution in [2.45, 2.75) is 31.2 Å². The molecule has 2 aliphatic heterocycles. The van der Waals surface area contributed by atoms with Gasteiger partial charge in [0.1, 0.15) is 0 Å². The summed E-state index contributed by atoms with van der Waals surface area (Å²) in [6.45, 7) is 5.11. The number of hydrogen-bond donors (Lipinski definition) is 2. The molecule has 2 fully saturated rings. The smallest absolute Gasteiger partial charge is 0.379 e. The normalized spacial score (nSPS) is 18.0. The van der Waals surface area contributed by atoms with E-state index in [1.807, 2.05) is 71.9 Å². The van der Waals surface area contributed by atoms with E-state index in [4.69, 9.17) is 9.57 Å². The number of benzene rings is 3. The maximum absolute atomic E-state index is 13.9. The van der Waals surface area contributed by atoms with Gasteiger partial charge in [0, 0.05) is 73.7 Å². The first kappa shape index (κ1) is 36.3. The van der Waals surface area contributed by atoms with Crippen molar-refractivity contribution in [3.05, 3.63) is 113 Å². The molecule has 0 aliphatic carbocycles. The van der Waals surface area contributed by atoms with Crippen molar-refractivity contribution in [3.63, 3.8) is 0 Å². The minimum atomic E-state index is -5.07. The van der Waals surface area contributed by atoms with Gasteiger partial charge in [0.05, 0.1) is 42.7 Å². The van der Waals surface area contributed by atoms with E-state index < -0.39 is 41.0 Å². The van der Waals surface area contributed by atoms with Crippen LogP contribution < -0.4 is 5.48 Å². The Hall–Kier alpha value is -4.53. The molecule has 4 aromatic rings. The molecule has 14 heteroatoms. The molecule has 2 aliphatic rings.